The SMILES string of the molecule is CCNCc1cnc(N(C)c2ccc(CC)cc2)cn1. The third-order valence-electron chi connectivity index (χ3n) is 3.32. The largest absolute Gasteiger partial charge is 0.328 e. The van der Waals surface area contributed by atoms with E-state index in [0.29, 0.717) is 0 Å². The smallest absolute Gasteiger partial charge is 0.151 e. The van der Waals surface area contributed by atoms with Gasteiger partial charge in [0.2, 0.25) is 0 Å². The second-order valence-electron chi connectivity index (χ2n) is 4.73. The molecular formula is C16H22N4. The van der Waals surface area contributed by atoms with Gasteiger partial charge in [0.05, 0.1) is 18.1 Å². The van der Waals surface area contributed by atoms with Gasteiger partial charge < -0.3 is 10.2 Å². The van der Waals surface area contributed by atoms with Gasteiger partial charge in [-0.3, -0.25) is 4.98 Å². The molecule has 1 aromatic heterocycles. The predicted octanol–water partition coefficient (Wildman–Crippen LogP) is 2.92. The average molecular weight is 270 g/mol. The third kappa shape index (κ3) is 3.54. The van der Waals surface area contributed by atoms with Gasteiger partial charge in [-0.25, -0.2) is 4.98 Å². The molecule has 0 saturated carbocycles. The maximum absolute atomic E-state index is 4.47. The fraction of sp³-hybridized carbons (Fsp3) is 0.375. The molecule has 20 heavy (non-hydrogen) atoms. The highest BCUT2D eigenvalue weighted by molar-refractivity contribution is 5.58. The van der Waals surface area contributed by atoms with E-state index in [2.05, 4.69) is 53.4 Å². The van der Waals surface area contributed by atoms with Crippen molar-refractivity contribution < 1.29 is 0 Å². The van der Waals surface area contributed by atoms with E-state index in [0.717, 1.165) is 36.7 Å². The number of rotatable bonds is 6. The quantitative estimate of drug-likeness (QED) is 0.876. The molecule has 0 aliphatic carbocycles. The number of hydrogen-bond donors (Lipinski definition) is 1. The fourth-order valence-electron chi connectivity index (χ4n) is 1.95. The Morgan fingerprint density at radius 2 is 1.80 bits per heavy atom. The summed E-state index contributed by atoms with van der Waals surface area (Å²) in [6.45, 7) is 5.94. The van der Waals surface area contributed by atoms with Crippen LogP contribution in [0.5, 0.6) is 0 Å². The van der Waals surface area contributed by atoms with Gasteiger partial charge in [0, 0.05) is 19.3 Å². The van der Waals surface area contributed by atoms with Crippen LogP contribution >= 0.6 is 0 Å². The number of benzene rings is 1. The van der Waals surface area contributed by atoms with E-state index in [9.17, 15) is 0 Å². The first-order valence-corrected chi connectivity index (χ1v) is 7.09. The standard InChI is InChI=1S/C16H22N4/c1-4-13-6-8-15(9-7-13)20(3)16-12-18-14(11-19-16)10-17-5-2/h6-9,11-12,17H,4-5,10H2,1-3H3. The van der Waals surface area contributed by atoms with E-state index in [4.69, 9.17) is 0 Å². The summed E-state index contributed by atoms with van der Waals surface area (Å²) in [5.74, 6) is 0.856. The molecule has 0 amide bonds. The Labute approximate surface area is 120 Å². The number of nitrogens with one attached hydrogen (secondary N) is 1. The van der Waals surface area contributed by atoms with Crippen molar-refractivity contribution in [1.82, 2.24) is 15.3 Å². The molecule has 0 aliphatic heterocycles. The lowest BCUT2D eigenvalue weighted by Crippen LogP contribution is -2.15. The second kappa shape index (κ2) is 7.01. The van der Waals surface area contributed by atoms with E-state index in [-0.39, 0.29) is 0 Å². The van der Waals surface area contributed by atoms with Gasteiger partial charge >= 0.3 is 0 Å². The first kappa shape index (κ1) is 14.5. The first-order valence-electron chi connectivity index (χ1n) is 7.09. The average Bonchev–Trinajstić information content (AvgIpc) is 2.53. The van der Waals surface area contributed by atoms with Crippen LogP contribution in [0.1, 0.15) is 25.1 Å². The second-order valence-corrected chi connectivity index (χ2v) is 4.73. The Bertz CT molecular complexity index is 519. The van der Waals surface area contributed by atoms with Crippen LogP contribution in [0, 0.1) is 0 Å². The molecule has 0 saturated heterocycles. The highest BCUT2D eigenvalue weighted by Crippen LogP contribution is 2.21. The van der Waals surface area contributed by atoms with Crippen LogP contribution in [0.2, 0.25) is 0 Å². The summed E-state index contributed by atoms with van der Waals surface area (Å²) in [5.41, 5.74) is 3.43. The van der Waals surface area contributed by atoms with Crippen molar-refractivity contribution in [1.29, 1.82) is 0 Å². The molecule has 0 radical (unpaired) electrons. The lowest BCUT2D eigenvalue weighted by atomic mass is 10.1. The molecule has 0 aliphatic rings. The van der Waals surface area contributed by atoms with Crippen molar-refractivity contribution in [2.45, 2.75) is 26.8 Å². The topological polar surface area (TPSA) is 41.1 Å². The summed E-state index contributed by atoms with van der Waals surface area (Å²) in [6, 6.07) is 8.54. The lowest BCUT2D eigenvalue weighted by molar-refractivity contribution is 0.707. The summed E-state index contributed by atoms with van der Waals surface area (Å²) >= 11 is 0. The zero-order valence-corrected chi connectivity index (χ0v) is 12.4. The summed E-state index contributed by atoms with van der Waals surface area (Å²) in [4.78, 5) is 10.9. The Morgan fingerprint density at radius 3 is 2.35 bits per heavy atom. The third-order valence-corrected chi connectivity index (χ3v) is 3.32. The first-order chi connectivity index (χ1) is 9.74. The van der Waals surface area contributed by atoms with Crippen molar-refractivity contribution in [2.75, 3.05) is 18.5 Å². The van der Waals surface area contributed by atoms with E-state index >= 15 is 0 Å². The van der Waals surface area contributed by atoms with Gasteiger partial charge in [-0.1, -0.05) is 26.0 Å². The Balaban J connectivity index is 2.09. The minimum atomic E-state index is 0.763. The molecule has 2 aromatic rings. The Hall–Kier alpha value is -1.94. The maximum Gasteiger partial charge on any atom is 0.151 e. The minimum Gasteiger partial charge on any atom is -0.328 e. The van der Waals surface area contributed by atoms with Gasteiger partial charge in [-0.05, 0) is 30.7 Å². The summed E-state index contributed by atoms with van der Waals surface area (Å²) in [5, 5.41) is 3.24. The highest BCUT2D eigenvalue weighted by atomic mass is 15.2. The zero-order valence-electron chi connectivity index (χ0n) is 12.4. The van der Waals surface area contributed by atoms with Crippen LogP contribution in [0.3, 0.4) is 0 Å². The van der Waals surface area contributed by atoms with Crippen LogP contribution in [-0.4, -0.2) is 23.6 Å². The zero-order chi connectivity index (χ0) is 14.4. The van der Waals surface area contributed by atoms with Crippen molar-refractivity contribution in [3.05, 3.63) is 47.9 Å². The van der Waals surface area contributed by atoms with E-state index in [1.807, 2.05) is 24.3 Å². The molecular weight excluding hydrogens is 248 g/mol. The number of anilines is 2. The molecule has 1 aromatic carbocycles. The summed E-state index contributed by atoms with van der Waals surface area (Å²) in [7, 11) is 2.01. The van der Waals surface area contributed by atoms with Crippen LogP contribution in [0.4, 0.5) is 11.5 Å². The number of hydrogen-bond acceptors (Lipinski definition) is 4. The molecule has 0 unspecified atom stereocenters. The van der Waals surface area contributed by atoms with Gasteiger partial charge in [0.15, 0.2) is 5.82 Å². The number of aryl methyl sites for hydroxylation is 1. The normalized spacial score (nSPS) is 10.6. The summed E-state index contributed by atoms with van der Waals surface area (Å²) in [6.07, 6.45) is 4.71. The number of nitrogens with zero attached hydrogens (tertiary/aromatic N) is 3. The minimum absolute atomic E-state index is 0.763. The van der Waals surface area contributed by atoms with E-state index < -0.39 is 0 Å². The maximum atomic E-state index is 4.47. The van der Waals surface area contributed by atoms with Crippen molar-refractivity contribution >= 4 is 11.5 Å². The van der Waals surface area contributed by atoms with Crippen molar-refractivity contribution in [3.63, 3.8) is 0 Å². The van der Waals surface area contributed by atoms with Gasteiger partial charge in [0.1, 0.15) is 0 Å². The molecule has 0 spiro atoms. The monoisotopic (exact) mass is 270 g/mol. The lowest BCUT2D eigenvalue weighted by Gasteiger charge is -2.18. The van der Waals surface area contributed by atoms with Crippen LogP contribution in [0.15, 0.2) is 36.7 Å². The summed E-state index contributed by atoms with van der Waals surface area (Å²) < 4.78 is 0. The molecule has 0 atom stereocenters. The van der Waals surface area contributed by atoms with Crippen molar-refractivity contribution in [3.8, 4) is 0 Å². The highest BCUT2D eigenvalue weighted by Gasteiger charge is 2.06. The van der Waals surface area contributed by atoms with Gasteiger partial charge in [-0.2, -0.15) is 0 Å². The fourth-order valence-corrected chi connectivity index (χ4v) is 1.95. The Morgan fingerprint density at radius 1 is 1.05 bits per heavy atom. The molecule has 4 nitrogen and oxygen atoms in total. The molecule has 1 N–H and O–H groups in total. The molecule has 1 heterocycles. The van der Waals surface area contributed by atoms with E-state index in [1.165, 1.54) is 5.56 Å². The van der Waals surface area contributed by atoms with Crippen LogP contribution in [-0.2, 0) is 13.0 Å². The van der Waals surface area contributed by atoms with Gasteiger partial charge in [-0.15, -0.1) is 0 Å². The van der Waals surface area contributed by atoms with Crippen LogP contribution < -0.4 is 10.2 Å². The molecule has 4 heteroatoms. The van der Waals surface area contributed by atoms with Crippen LogP contribution in [0.25, 0.3) is 0 Å². The van der Waals surface area contributed by atoms with Gasteiger partial charge in [0.25, 0.3) is 0 Å². The molecule has 0 fully saturated rings. The number of aromatic nitrogens is 2. The molecule has 2 rings (SSSR count). The van der Waals surface area contributed by atoms with E-state index in [1.54, 1.807) is 0 Å². The molecule has 106 valence electrons. The van der Waals surface area contributed by atoms with Crippen molar-refractivity contribution in [2.24, 2.45) is 0 Å². The Kier molecular flexibility index (Phi) is 5.07. The predicted molar refractivity (Wildman–Crippen MR) is 83.3 cm³/mol. The molecule has 0 bridgehead atoms.